The van der Waals surface area contributed by atoms with Crippen LogP contribution in [0.5, 0.6) is 11.5 Å². The number of benzene rings is 1. The summed E-state index contributed by atoms with van der Waals surface area (Å²) in [5.41, 5.74) is -2.49. The number of hydrogen-bond acceptors (Lipinski definition) is 15. The van der Waals surface area contributed by atoms with E-state index >= 15 is 0 Å². The van der Waals surface area contributed by atoms with Crippen LogP contribution in [0.3, 0.4) is 0 Å². The number of rotatable bonds is 3. The molecule has 1 aromatic rings. The van der Waals surface area contributed by atoms with E-state index < -0.39 is 95.8 Å². The van der Waals surface area contributed by atoms with E-state index in [1.54, 1.807) is 13.0 Å². The van der Waals surface area contributed by atoms with E-state index in [9.17, 15) is 49.5 Å². The first kappa shape index (κ1) is 45.4. The van der Waals surface area contributed by atoms with Crippen LogP contribution in [0.1, 0.15) is 83.8 Å². The maximum Gasteiger partial charge on any atom is 0.315 e. The second kappa shape index (κ2) is 17.7. The number of carbonyl (C=O) groups excluding carboxylic acids is 5. The van der Waals surface area contributed by atoms with Gasteiger partial charge >= 0.3 is 17.9 Å². The lowest BCUT2D eigenvalue weighted by atomic mass is 9.75. The summed E-state index contributed by atoms with van der Waals surface area (Å²) in [6, 6.07) is 0. The molecular formula is C42H53NO15. The van der Waals surface area contributed by atoms with Gasteiger partial charge in [-0.25, -0.2) is 0 Å². The van der Waals surface area contributed by atoms with Crippen LogP contribution in [0.25, 0.3) is 5.57 Å². The lowest BCUT2D eigenvalue weighted by Gasteiger charge is -2.40. The van der Waals surface area contributed by atoms with Gasteiger partial charge in [0, 0.05) is 53.9 Å². The smallest absolute Gasteiger partial charge is 0.315 e. The van der Waals surface area contributed by atoms with Crippen LogP contribution in [0.4, 0.5) is 5.69 Å². The van der Waals surface area contributed by atoms with Crippen LogP contribution in [0.15, 0.2) is 52.5 Å². The van der Waals surface area contributed by atoms with Crippen molar-refractivity contribution in [1.82, 2.24) is 0 Å². The number of esters is 3. The number of amides is 1. The molecule has 4 aliphatic rings. The fourth-order valence-electron chi connectivity index (χ4n) is 7.63. The fraction of sp³-hybridized carbons (Fsp3) is 0.500. The summed E-state index contributed by atoms with van der Waals surface area (Å²) < 4.78 is 28.0. The molecule has 316 valence electrons. The molecule has 4 bridgehead atoms. The van der Waals surface area contributed by atoms with Gasteiger partial charge in [-0.2, -0.15) is 0 Å². The Morgan fingerprint density at radius 1 is 0.897 bits per heavy atom. The molecule has 0 unspecified atom stereocenters. The second-order valence-electron chi connectivity index (χ2n) is 15.3. The SMILES string of the molecule is COC(=O)[C@@H]1[C@H](O)[C@H](C)[C@H](O)[C@H](C)C=CC=C(C)C(=O)Nc2c(C)c(OC(C)=O)c3c(c2O)C(=O)C(C)=C2OCOC(=C23)C(C)=C[C@](C)(O)[C@H](O)[C@H](C)[C@@H]1OC(C)=O. The van der Waals surface area contributed by atoms with Crippen LogP contribution in [-0.4, -0.2) is 99.1 Å². The number of fused-ring (bicyclic) bond motifs is 14. The average molecular weight is 812 g/mol. The molecule has 0 saturated carbocycles. The highest BCUT2D eigenvalue weighted by molar-refractivity contribution is 6.21. The van der Waals surface area contributed by atoms with Crippen molar-refractivity contribution in [3.05, 3.63) is 69.2 Å². The highest BCUT2D eigenvalue weighted by atomic mass is 16.7. The highest BCUT2D eigenvalue weighted by Crippen LogP contribution is 2.53. The Hall–Kier alpha value is -5.29. The van der Waals surface area contributed by atoms with Crippen molar-refractivity contribution >= 4 is 40.9 Å². The number of Topliss-reactive ketones (excluding diaryl/α,β-unsaturated/α-hetero) is 1. The van der Waals surface area contributed by atoms with Gasteiger partial charge < -0.3 is 54.5 Å². The van der Waals surface area contributed by atoms with Crippen molar-refractivity contribution in [1.29, 1.82) is 0 Å². The molecule has 9 atom stereocenters. The first-order valence-corrected chi connectivity index (χ1v) is 18.7. The van der Waals surface area contributed by atoms with Crippen LogP contribution in [0.2, 0.25) is 0 Å². The zero-order chi connectivity index (χ0) is 43.7. The van der Waals surface area contributed by atoms with Gasteiger partial charge in [0.15, 0.2) is 11.5 Å². The van der Waals surface area contributed by atoms with Crippen LogP contribution in [-0.2, 0) is 38.1 Å². The summed E-state index contributed by atoms with van der Waals surface area (Å²) in [5, 5.41) is 61.2. The van der Waals surface area contributed by atoms with Crippen LogP contribution >= 0.6 is 0 Å². The summed E-state index contributed by atoms with van der Waals surface area (Å²) in [5.74, 6) is -9.71. The molecule has 0 spiro atoms. The molecule has 1 aromatic carbocycles. The summed E-state index contributed by atoms with van der Waals surface area (Å²) >= 11 is 0. The third-order valence-corrected chi connectivity index (χ3v) is 10.9. The maximum absolute atomic E-state index is 14.0. The number of hydrogen-bond donors (Lipinski definition) is 6. The largest absolute Gasteiger partial charge is 0.505 e. The predicted octanol–water partition coefficient (Wildman–Crippen LogP) is 3.68. The number of ketones is 1. The molecule has 16 heteroatoms. The zero-order valence-corrected chi connectivity index (χ0v) is 34.5. The van der Waals surface area contributed by atoms with E-state index in [1.165, 1.54) is 66.7 Å². The van der Waals surface area contributed by atoms with Gasteiger partial charge in [0.1, 0.15) is 34.9 Å². The molecule has 0 aromatic heterocycles. The van der Waals surface area contributed by atoms with E-state index in [-0.39, 0.29) is 61.9 Å². The fourth-order valence-corrected chi connectivity index (χ4v) is 7.63. The third kappa shape index (κ3) is 8.74. The zero-order valence-electron chi connectivity index (χ0n) is 34.5. The number of nitrogens with one attached hydrogen (secondary N) is 1. The lowest BCUT2D eigenvalue weighted by Crippen LogP contribution is -2.54. The van der Waals surface area contributed by atoms with E-state index in [0.29, 0.717) is 0 Å². The van der Waals surface area contributed by atoms with E-state index in [4.69, 9.17) is 23.7 Å². The molecular weight excluding hydrogens is 758 g/mol. The topological polar surface area (TPSA) is 245 Å². The van der Waals surface area contributed by atoms with E-state index in [2.05, 4.69) is 5.32 Å². The molecule has 5 rings (SSSR count). The van der Waals surface area contributed by atoms with Crippen molar-refractivity contribution in [3.8, 4) is 11.5 Å². The van der Waals surface area contributed by atoms with Gasteiger partial charge in [0.2, 0.25) is 6.79 Å². The molecule has 0 radical (unpaired) electrons. The van der Waals surface area contributed by atoms with Crippen molar-refractivity contribution in [2.24, 2.45) is 23.7 Å². The predicted molar refractivity (Wildman–Crippen MR) is 208 cm³/mol. The number of allylic oxidation sites excluding steroid dienone is 5. The van der Waals surface area contributed by atoms with Crippen LogP contribution < -0.4 is 10.1 Å². The number of aliphatic hydroxyl groups is 4. The summed E-state index contributed by atoms with van der Waals surface area (Å²) in [4.78, 5) is 66.1. The van der Waals surface area contributed by atoms with Gasteiger partial charge in [-0.3, -0.25) is 24.0 Å². The first-order valence-electron chi connectivity index (χ1n) is 18.7. The number of aliphatic hydroxyl groups excluding tert-OH is 3. The molecule has 6 N–H and O–H groups in total. The van der Waals surface area contributed by atoms with Gasteiger partial charge in [0.25, 0.3) is 5.91 Å². The molecule has 3 heterocycles. The number of carbonyl (C=O) groups is 5. The van der Waals surface area contributed by atoms with Crippen LogP contribution in [0, 0.1) is 30.6 Å². The minimum Gasteiger partial charge on any atom is -0.505 e. The Labute approximate surface area is 336 Å². The molecule has 16 nitrogen and oxygen atoms in total. The number of aromatic hydroxyl groups is 1. The Balaban J connectivity index is 2.10. The Morgan fingerprint density at radius 3 is 2.10 bits per heavy atom. The molecule has 3 aliphatic heterocycles. The van der Waals surface area contributed by atoms with Gasteiger partial charge in [-0.05, 0) is 46.3 Å². The number of methoxy groups -OCH3 is 1. The number of phenolic OH excluding ortho intramolecular Hbond substituents is 1. The Morgan fingerprint density at radius 2 is 1.52 bits per heavy atom. The maximum atomic E-state index is 14.0. The normalized spacial score (nSPS) is 29.7. The number of anilines is 1. The molecule has 0 fully saturated rings. The van der Waals surface area contributed by atoms with Gasteiger partial charge in [-0.1, -0.05) is 39.0 Å². The summed E-state index contributed by atoms with van der Waals surface area (Å²) in [6.07, 6.45) is -0.811. The van der Waals surface area contributed by atoms with Crippen molar-refractivity contribution in [3.63, 3.8) is 0 Å². The van der Waals surface area contributed by atoms with Crippen molar-refractivity contribution < 1.29 is 73.2 Å². The first-order chi connectivity index (χ1) is 27.0. The standard InChI is InChI=1S/C42H53NO15/c1-17-13-12-14-18(2)40(51)43-30-20(4)37(57-24(8)44)26-27(34(30)49)33(48)22(6)36-28(26)35(55-16-56-36)19(3)15-42(10,53)39(50)23(7)38(58-25(9)45)29(41(52)54-11)32(47)21(5)31(17)46/h12-15,17,21,23,29,31-32,38-39,46-47,49-50,53H,16H2,1-11H3,(H,43,51)/t17-,21-,23-,29-,31-,32-,38+,39-,42+/m1/s1. The summed E-state index contributed by atoms with van der Waals surface area (Å²) in [7, 11) is 1.06. The Kier molecular flexibility index (Phi) is 13.8. The van der Waals surface area contributed by atoms with E-state index in [1.807, 2.05) is 0 Å². The molecule has 1 aliphatic carbocycles. The quantitative estimate of drug-likeness (QED) is 0.145. The van der Waals surface area contributed by atoms with Gasteiger partial charge in [0.05, 0.1) is 42.2 Å². The van der Waals surface area contributed by atoms with E-state index in [0.717, 1.165) is 21.0 Å². The minimum atomic E-state index is -2.22. The third-order valence-electron chi connectivity index (χ3n) is 10.9. The summed E-state index contributed by atoms with van der Waals surface area (Å²) in [6.45, 7) is 13.4. The van der Waals surface area contributed by atoms with Gasteiger partial charge in [-0.15, -0.1) is 0 Å². The minimum absolute atomic E-state index is 0.00972. The Bertz CT molecular complexity index is 2040. The second-order valence-corrected chi connectivity index (χ2v) is 15.3. The highest BCUT2D eigenvalue weighted by Gasteiger charge is 2.49. The number of phenols is 1. The molecule has 58 heavy (non-hydrogen) atoms. The van der Waals surface area contributed by atoms with Crippen molar-refractivity contribution in [2.45, 2.75) is 99.3 Å². The number of ether oxygens (including phenoxy) is 5. The van der Waals surface area contributed by atoms with Crippen molar-refractivity contribution in [2.75, 3.05) is 19.2 Å². The molecule has 0 saturated heterocycles. The lowest BCUT2D eigenvalue weighted by molar-refractivity contribution is -0.181. The average Bonchev–Trinajstić information content (AvgIpc) is 3.16. The molecule has 1 amide bonds. The monoisotopic (exact) mass is 811 g/mol.